The number of anilines is 2. The number of hydrogen-bond donors (Lipinski definition) is 3. The lowest BCUT2D eigenvalue weighted by Gasteiger charge is -2.35. The van der Waals surface area contributed by atoms with Crippen LogP contribution in [0.5, 0.6) is 0 Å². The van der Waals surface area contributed by atoms with Crippen LogP contribution in [-0.2, 0) is 36.4 Å². The first-order chi connectivity index (χ1) is 19.0. The van der Waals surface area contributed by atoms with Gasteiger partial charge >= 0.3 is 6.09 Å². The molecule has 40 heavy (non-hydrogen) atoms. The smallest absolute Gasteiger partial charge is 0.412 e. The Morgan fingerprint density at radius 1 is 1.10 bits per heavy atom. The van der Waals surface area contributed by atoms with E-state index in [2.05, 4.69) is 15.4 Å². The van der Waals surface area contributed by atoms with E-state index in [0.29, 0.717) is 28.4 Å². The van der Waals surface area contributed by atoms with Crippen LogP contribution in [-0.4, -0.2) is 50.4 Å². The van der Waals surface area contributed by atoms with Gasteiger partial charge in [0.2, 0.25) is 21.8 Å². The van der Waals surface area contributed by atoms with Crippen molar-refractivity contribution in [3.63, 3.8) is 0 Å². The van der Waals surface area contributed by atoms with Gasteiger partial charge in [-0.05, 0) is 54.4 Å². The second-order valence-corrected chi connectivity index (χ2v) is 11.9. The molecule has 1 fully saturated rings. The number of fused-ring (bicyclic) bond motifs is 2. The van der Waals surface area contributed by atoms with Gasteiger partial charge in [-0.25, -0.2) is 13.2 Å². The standard InChI is InChI=1S/C28H27ClN4O6S/c1-18(34)30-21-8-10-22(11-9-21)40(37,38)32-25(15-19-5-3-2-4-6-19)26(35)33-14-13-28(17-33)23-16-20(29)7-12-24(23)31-27(36)39-28/h2-12,16,25,32H,13-15,17H2,1H3,(H,30,34)(H,31,36)/t25-,28?/m0/s1. The normalized spacial score (nSPS) is 18.9. The maximum absolute atomic E-state index is 13.9. The summed E-state index contributed by atoms with van der Waals surface area (Å²) in [6.07, 6.45) is -0.196. The average molecular weight is 583 g/mol. The van der Waals surface area contributed by atoms with Crippen LogP contribution in [0.3, 0.4) is 0 Å². The van der Waals surface area contributed by atoms with Gasteiger partial charge in [0.25, 0.3) is 0 Å². The van der Waals surface area contributed by atoms with Gasteiger partial charge in [0, 0.05) is 36.2 Å². The van der Waals surface area contributed by atoms with Crippen molar-refractivity contribution in [3.05, 3.63) is 88.9 Å². The van der Waals surface area contributed by atoms with Crippen molar-refractivity contribution in [2.45, 2.75) is 36.3 Å². The molecular formula is C28H27ClN4O6S. The van der Waals surface area contributed by atoms with E-state index in [1.165, 1.54) is 36.1 Å². The maximum atomic E-state index is 13.9. The average Bonchev–Trinajstić information content (AvgIpc) is 3.33. The molecule has 1 unspecified atom stereocenters. The van der Waals surface area contributed by atoms with Gasteiger partial charge in [-0.2, -0.15) is 4.72 Å². The van der Waals surface area contributed by atoms with Gasteiger partial charge in [0.15, 0.2) is 5.60 Å². The molecule has 2 aliphatic heterocycles. The van der Waals surface area contributed by atoms with Crippen LogP contribution in [0.1, 0.15) is 24.5 Å². The minimum absolute atomic E-state index is 0.0467. The molecule has 3 N–H and O–H groups in total. The van der Waals surface area contributed by atoms with Gasteiger partial charge in [-0.1, -0.05) is 41.9 Å². The molecule has 2 heterocycles. The van der Waals surface area contributed by atoms with Crippen molar-refractivity contribution in [2.24, 2.45) is 0 Å². The van der Waals surface area contributed by atoms with Crippen LogP contribution < -0.4 is 15.4 Å². The lowest BCUT2D eigenvalue weighted by Crippen LogP contribution is -2.50. The molecule has 10 nitrogen and oxygen atoms in total. The number of nitrogens with zero attached hydrogens (tertiary/aromatic N) is 1. The minimum Gasteiger partial charge on any atom is -0.436 e. The van der Waals surface area contributed by atoms with E-state index in [1.54, 1.807) is 18.2 Å². The topological polar surface area (TPSA) is 134 Å². The molecule has 5 rings (SSSR count). The number of sulfonamides is 1. The van der Waals surface area contributed by atoms with E-state index in [4.69, 9.17) is 16.3 Å². The maximum Gasteiger partial charge on any atom is 0.412 e. The van der Waals surface area contributed by atoms with E-state index in [9.17, 15) is 22.8 Å². The Bertz CT molecular complexity index is 1570. The summed E-state index contributed by atoms with van der Waals surface area (Å²) in [5, 5.41) is 5.71. The Kier molecular flexibility index (Phi) is 7.54. The number of ether oxygens (including phenoxy) is 1. The lowest BCUT2D eigenvalue weighted by atomic mass is 9.90. The summed E-state index contributed by atoms with van der Waals surface area (Å²) < 4.78 is 35.0. The highest BCUT2D eigenvalue weighted by Gasteiger charge is 2.49. The fraction of sp³-hybridized carbons (Fsp3) is 0.250. The number of benzene rings is 3. The Balaban J connectivity index is 1.41. The molecule has 208 valence electrons. The highest BCUT2D eigenvalue weighted by atomic mass is 35.5. The highest BCUT2D eigenvalue weighted by Crippen LogP contribution is 2.44. The fourth-order valence-electron chi connectivity index (χ4n) is 5.07. The largest absolute Gasteiger partial charge is 0.436 e. The number of nitrogens with one attached hydrogen (secondary N) is 3. The molecule has 0 saturated carbocycles. The number of hydrogen-bond acceptors (Lipinski definition) is 6. The van der Waals surface area contributed by atoms with Gasteiger partial charge in [-0.15, -0.1) is 0 Å². The fourth-order valence-corrected chi connectivity index (χ4v) is 6.43. The predicted octanol–water partition coefficient (Wildman–Crippen LogP) is 3.88. The molecule has 12 heteroatoms. The molecule has 1 spiro atoms. The van der Waals surface area contributed by atoms with Gasteiger partial charge in [-0.3, -0.25) is 14.9 Å². The van der Waals surface area contributed by atoms with Gasteiger partial charge in [0.1, 0.15) is 6.04 Å². The number of rotatable bonds is 7. The van der Waals surface area contributed by atoms with E-state index < -0.39 is 33.7 Å². The molecular weight excluding hydrogens is 556 g/mol. The molecule has 1 saturated heterocycles. The molecule has 0 bridgehead atoms. The zero-order valence-electron chi connectivity index (χ0n) is 21.5. The van der Waals surface area contributed by atoms with Crippen LogP contribution in [0.25, 0.3) is 0 Å². The lowest BCUT2D eigenvalue weighted by molar-refractivity contribution is -0.133. The van der Waals surface area contributed by atoms with Gasteiger partial charge in [0.05, 0.1) is 17.1 Å². The number of carbonyl (C=O) groups excluding carboxylic acids is 3. The van der Waals surface area contributed by atoms with Crippen LogP contribution in [0.2, 0.25) is 5.02 Å². The molecule has 2 atom stereocenters. The highest BCUT2D eigenvalue weighted by molar-refractivity contribution is 7.89. The van der Waals surface area contributed by atoms with Crippen LogP contribution in [0.15, 0.2) is 77.7 Å². The van der Waals surface area contributed by atoms with Crippen molar-refractivity contribution >= 4 is 50.9 Å². The van der Waals surface area contributed by atoms with Crippen LogP contribution in [0.4, 0.5) is 16.2 Å². The Labute approximate surface area is 236 Å². The molecule has 3 aromatic rings. The van der Waals surface area contributed by atoms with Crippen LogP contribution >= 0.6 is 11.6 Å². The van der Waals surface area contributed by atoms with Crippen molar-refractivity contribution in [3.8, 4) is 0 Å². The summed E-state index contributed by atoms with van der Waals surface area (Å²) in [4.78, 5) is 39.0. The molecule has 3 aromatic carbocycles. The summed E-state index contributed by atoms with van der Waals surface area (Å²) in [7, 11) is -4.12. The summed E-state index contributed by atoms with van der Waals surface area (Å²) in [5.41, 5.74) is 1.33. The third kappa shape index (κ3) is 5.81. The number of carbonyl (C=O) groups is 3. The summed E-state index contributed by atoms with van der Waals surface area (Å²) in [6, 6.07) is 18.7. The predicted molar refractivity (Wildman–Crippen MR) is 149 cm³/mol. The van der Waals surface area contributed by atoms with E-state index in [1.807, 2.05) is 30.3 Å². The molecule has 0 aliphatic carbocycles. The third-order valence-corrected chi connectivity index (χ3v) is 8.63. The molecule has 0 radical (unpaired) electrons. The van der Waals surface area contributed by atoms with E-state index in [0.717, 1.165) is 5.56 Å². The molecule has 0 aromatic heterocycles. The number of amides is 3. The Morgan fingerprint density at radius 2 is 1.82 bits per heavy atom. The van der Waals surface area contributed by atoms with Crippen LogP contribution in [0, 0.1) is 0 Å². The Morgan fingerprint density at radius 3 is 2.52 bits per heavy atom. The minimum atomic E-state index is -4.12. The molecule has 2 aliphatic rings. The second-order valence-electron chi connectivity index (χ2n) is 9.78. The zero-order chi connectivity index (χ0) is 28.5. The first kappa shape index (κ1) is 27.6. The third-order valence-electron chi connectivity index (χ3n) is 6.90. The van der Waals surface area contributed by atoms with Crippen molar-refractivity contribution in [1.82, 2.24) is 9.62 Å². The van der Waals surface area contributed by atoms with E-state index in [-0.39, 0.29) is 30.3 Å². The molecule has 3 amide bonds. The van der Waals surface area contributed by atoms with Crippen molar-refractivity contribution < 1.29 is 27.5 Å². The SMILES string of the molecule is CC(=O)Nc1ccc(S(=O)(=O)N[C@@H](Cc2ccccc2)C(=O)N2CCC3(C2)OC(=O)Nc2ccc(Cl)cc23)cc1. The number of halogens is 1. The number of likely N-dealkylation sites (tertiary alicyclic amines) is 1. The zero-order valence-corrected chi connectivity index (χ0v) is 23.1. The first-order valence-corrected chi connectivity index (χ1v) is 14.4. The van der Waals surface area contributed by atoms with Gasteiger partial charge < -0.3 is 15.0 Å². The van der Waals surface area contributed by atoms with E-state index >= 15 is 0 Å². The monoisotopic (exact) mass is 582 g/mol. The quantitative estimate of drug-likeness (QED) is 0.387. The van der Waals surface area contributed by atoms with Crippen molar-refractivity contribution in [2.75, 3.05) is 23.7 Å². The van der Waals surface area contributed by atoms with Crippen molar-refractivity contribution in [1.29, 1.82) is 0 Å². The summed E-state index contributed by atoms with van der Waals surface area (Å²) in [6.45, 7) is 1.65. The second kappa shape index (κ2) is 10.9. The first-order valence-electron chi connectivity index (χ1n) is 12.6. The Hall–Kier alpha value is -3.93. The summed E-state index contributed by atoms with van der Waals surface area (Å²) >= 11 is 6.23. The summed E-state index contributed by atoms with van der Waals surface area (Å²) in [5.74, 6) is -0.729.